The summed E-state index contributed by atoms with van der Waals surface area (Å²) in [6.07, 6.45) is 0. The zero-order valence-electron chi connectivity index (χ0n) is 6.44. The van der Waals surface area contributed by atoms with Crippen molar-refractivity contribution in [3.8, 4) is 0 Å². The van der Waals surface area contributed by atoms with Crippen LogP contribution in [0.3, 0.4) is 0 Å². The fourth-order valence-electron chi connectivity index (χ4n) is 0.706. The van der Waals surface area contributed by atoms with Gasteiger partial charge in [0.2, 0.25) is 0 Å². The lowest BCUT2D eigenvalue weighted by Gasteiger charge is -2.11. The van der Waals surface area contributed by atoms with Crippen molar-refractivity contribution in [1.29, 1.82) is 0 Å². The van der Waals surface area contributed by atoms with Gasteiger partial charge >= 0.3 is 0 Å². The number of thiophene rings is 1. The molecule has 0 spiro atoms. The predicted molar refractivity (Wildman–Crippen MR) is 55.0 cm³/mol. The van der Waals surface area contributed by atoms with Gasteiger partial charge in [0.05, 0.1) is 8.07 Å². The maximum absolute atomic E-state index is 3.46. The second-order valence-corrected chi connectivity index (χ2v) is 10.6. The van der Waals surface area contributed by atoms with Gasteiger partial charge in [-0.15, -0.1) is 0 Å². The minimum atomic E-state index is -1.02. The Labute approximate surface area is 75.4 Å². The molecule has 0 aliphatic heterocycles. The number of rotatable bonds is 1. The Bertz CT molecular complexity index is 224. The maximum atomic E-state index is 3.46. The zero-order valence-corrected chi connectivity index (χ0v) is 9.84. The molecule has 0 nitrogen and oxygen atoms in total. The third kappa shape index (κ3) is 1.94. The Morgan fingerprint density at radius 2 is 2.00 bits per heavy atom. The van der Waals surface area contributed by atoms with E-state index in [-0.39, 0.29) is 0 Å². The van der Waals surface area contributed by atoms with Gasteiger partial charge in [-0.3, -0.25) is 0 Å². The number of halogens is 1. The van der Waals surface area contributed by atoms with Gasteiger partial charge in [-0.05, 0) is 26.5 Å². The fraction of sp³-hybridized carbons (Fsp3) is 0.429. The summed E-state index contributed by atoms with van der Waals surface area (Å²) >= 11 is 5.33. The van der Waals surface area contributed by atoms with E-state index in [1.807, 2.05) is 11.3 Å². The molecule has 0 radical (unpaired) electrons. The molecule has 0 N–H and O–H groups in total. The molecule has 0 aliphatic carbocycles. The van der Waals surface area contributed by atoms with Gasteiger partial charge in [0.15, 0.2) is 0 Å². The van der Waals surface area contributed by atoms with Crippen LogP contribution in [-0.2, 0) is 0 Å². The number of hydrogen-bond acceptors (Lipinski definition) is 1. The van der Waals surface area contributed by atoms with E-state index >= 15 is 0 Å². The summed E-state index contributed by atoms with van der Waals surface area (Å²) < 4.78 is 2.80. The maximum Gasteiger partial charge on any atom is 0.0904 e. The molecule has 1 aromatic heterocycles. The molecule has 0 saturated carbocycles. The molecule has 0 bridgehead atoms. The van der Waals surface area contributed by atoms with E-state index in [1.165, 1.54) is 4.47 Å². The number of hydrogen-bond donors (Lipinski definition) is 0. The molecule has 1 heterocycles. The summed E-state index contributed by atoms with van der Waals surface area (Å²) in [5.74, 6) is 0. The Balaban J connectivity index is 2.96. The second-order valence-electron chi connectivity index (χ2n) is 3.38. The minimum Gasteiger partial charge on any atom is -0.152 e. The molecule has 0 fully saturated rings. The van der Waals surface area contributed by atoms with Crippen LogP contribution < -0.4 is 4.50 Å². The summed E-state index contributed by atoms with van der Waals surface area (Å²) in [7, 11) is -1.02. The van der Waals surface area contributed by atoms with E-state index in [1.54, 1.807) is 4.50 Å². The summed E-state index contributed by atoms with van der Waals surface area (Å²) in [4.78, 5) is 0. The third-order valence-corrected chi connectivity index (χ3v) is 6.62. The highest BCUT2D eigenvalue weighted by Gasteiger charge is 2.17. The van der Waals surface area contributed by atoms with Crippen LogP contribution in [0, 0.1) is 0 Å². The summed E-state index contributed by atoms with van der Waals surface area (Å²) in [5, 5.41) is 2.16. The van der Waals surface area contributed by atoms with Crippen molar-refractivity contribution in [1.82, 2.24) is 0 Å². The molecule has 10 heavy (non-hydrogen) atoms. The smallest absolute Gasteiger partial charge is 0.0904 e. The molecule has 1 rings (SSSR count). The first-order valence-electron chi connectivity index (χ1n) is 3.24. The van der Waals surface area contributed by atoms with Gasteiger partial charge < -0.3 is 0 Å². The van der Waals surface area contributed by atoms with Crippen LogP contribution >= 0.6 is 27.3 Å². The highest BCUT2D eigenvalue weighted by molar-refractivity contribution is 9.10. The van der Waals surface area contributed by atoms with Gasteiger partial charge in [0, 0.05) is 9.85 Å². The molecule has 0 saturated heterocycles. The van der Waals surface area contributed by atoms with Crippen LogP contribution in [0.5, 0.6) is 0 Å². The highest BCUT2D eigenvalue weighted by atomic mass is 79.9. The Kier molecular flexibility index (Phi) is 2.37. The molecular weight excluding hydrogens is 224 g/mol. The fourth-order valence-corrected chi connectivity index (χ4v) is 4.26. The van der Waals surface area contributed by atoms with Crippen molar-refractivity contribution in [2.45, 2.75) is 19.6 Å². The van der Waals surface area contributed by atoms with E-state index in [9.17, 15) is 0 Å². The van der Waals surface area contributed by atoms with Gasteiger partial charge in [-0.25, -0.2) is 0 Å². The van der Waals surface area contributed by atoms with E-state index in [4.69, 9.17) is 0 Å². The Morgan fingerprint density at radius 3 is 2.20 bits per heavy atom. The van der Waals surface area contributed by atoms with Crippen LogP contribution in [0.15, 0.2) is 15.9 Å². The summed E-state index contributed by atoms with van der Waals surface area (Å²) in [6.45, 7) is 7.10. The molecule has 1 aromatic rings. The first-order chi connectivity index (χ1) is 4.50. The van der Waals surface area contributed by atoms with Crippen LogP contribution in [0.4, 0.5) is 0 Å². The molecule has 0 atom stereocenters. The lowest BCUT2D eigenvalue weighted by Crippen LogP contribution is -2.34. The first kappa shape index (κ1) is 8.49. The quantitative estimate of drug-likeness (QED) is 0.656. The highest BCUT2D eigenvalue weighted by Crippen LogP contribution is 2.15. The van der Waals surface area contributed by atoms with Crippen LogP contribution in [0.25, 0.3) is 0 Å². The topological polar surface area (TPSA) is 0 Å². The monoisotopic (exact) mass is 234 g/mol. The molecule has 0 aliphatic rings. The standard InChI is InChI=1S/C7H11BrSSi/c1-10(2,3)7-4-6(8)5-9-7/h4-5H,1-3H3. The Morgan fingerprint density at radius 1 is 1.40 bits per heavy atom. The molecular formula is C7H11BrSSi. The van der Waals surface area contributed by atoms with Crippen molar-refractivity contribution in [2.75, 3.05) is 0 Å². The SMILES string of the molecule is C[Si](C)(C)c1cc(Br)cs1. The largest absolute Gasteiger partial charge is 0.152 e. The van der Waals surface area contributed by atoms with E-state index in [2.05, 4.69) is 47.0 Å². The average Bonchev–Trinajstić information content (AvgIpc) is 2.11. The summed E-state index contributed by atoms with van der Waals surface area (Å²) in [6, 6.07) is 2.25. The molecule has 56 valence electrons. The third-order valence-electron chi connectivity index (χ3n) is 1.31. The van der Waals surface area contributed by atoms with Gasteiger partial charge in [-0.2, -0.15) is 11.3 Å². The van der Waals surface area contributed by atoms with Crippen LogP contribution in [-0.4, -0.2) is 8.07 Å². The Hall–Kier alpha value is 0.397. The predicted octanol–water partition coefficient (Wildman–Crippen LogP) is 3.06. The first-order valence-corrected chi connectivity index (χ1v) is 8.42. The van der Waals surface area contributed by atoms with Crippen molar-refractivity contribution >= 4 is 39.8 Å². The second kappa shape index (κ2) is 2.79. The normalized spacial score (nSPS) is 12.0. The minimum absolute atomic E-state index is 1.02. The molecule has 3 heteroatoms. The van der Waals surface area contributed by atoms with Crippen LogP contribution in [0.1, 0.15) is 0 Å². The van der Waals surface area contributed by atoms with Gasteiger partial charge in [0.1, 0.15) is 0 Å². The lowest BCUT2D eigenvalue weighted by molar-refractivity contribution is 1.77. The lowest BCUT2D eigenvalue weighted by atomic mass is 10.7. The van der Waals surface area contributed by atoms with Gasteiger partial charge in [-0.1, -0.05) is 19.6 Å². The van der Waals surface area contributed by atoms with E-state index in [0.717, 1.165) is 0 Å². The molecule has 0 unspecified atom stereocenters. The van der Waals surface area contributed by atoms with Crippen molar-refractivity contribution in [2.24, 2.45) is 0 Å². The van der Waals surface area contributed by atoms with Crippen molar-refractivity contribution in [3.05, 3.63) is 15.9 Å². The van der Waals surface area contributed by atoms with Crippen molar-refractivity contribution < 1.29 is 0 Å². The van der Waals surface area contributed by atoms with Gasteiger partial charge in [0.25, 0.3) is 0 Å². The van der Waals surface area contributed by atoms with Crippen LogP contribution in [0.2, 0.25) is 19.6 Å². The van der Waals surface area contributed by atoms with E-state index < -0.39 is 8.07 Å². The van der Waals surface area contributed by atoms with Crippen molar-refractivity contribution in [3.63, 3.8) is 0 Å². The zero-order chi connectivity index (χ0) is 7.78. The molecule has 0 amide bonds. The molecule has 0 aromatic carbocycles. The summed E-state index contributed by atoms with van der Waals surface area (Å²) in [5.41, 5.74) is 0. The average molecular weight is 235 g/mol. The van der Waals surface area contributed by atoms with E-state index in [0.29, 0.717) is 0 Å².